The molecule has 1 aliphatic rings. The summed E-state index contributed by atoms with van der Waals surface area (Å²) in [5, 5.41) is 5.11. The largest absolute Gasteiger partial charge is 0.416 e. The fraction of sp³-hybridized carbons (Fsp3) is 0.250. The highest BCUT2D eigenvalue weighted by atomic mass is 19.4. The molecule has 1 aromatic heterocycles. The summed E-state index contributed by atoms with van der Waals surface area (Å²) >= 11 is 0. The predicted octanol–water partition coefficient (Wildman–Crippen LogP) is 10.2. The van der Waals surface area contributed by atoms with E-state index >= 15 is 0 Å². The number of hydrogen-bond acceptors (Lipinski definition) is 4. The smallest absolute Gasteiger partial charge is 0.346 e. The Labute approximate surface area is 325 Å². The molecule has 0 radical (unpaired) electrons. The van der Waals surface area contributed by atoms with Crippen LogP contribution in [0.4, 0.5) is 38.0 Å². The van der Waals surface area contributed by atoms with Crippen LogP contribution in [0.5, 0.6) is 0 Å². The quantitative estimate of drug-likeness (QED) is 0.121. The van der Waals surface area contributed by atoms with Crippen molar-refractivity contribution in [2.45, 2.75) is 51.0 Å². The number of aryl methyl sites for hydroxylation is 1. The third-order valence-electron chi connectivity index (χ3n) is 10.6. The Bertz CT molecular complexity index is 2390. The second-order valence-corrected chi connectivity index (χ2v) is 13.9. The van der Waals surface area contributed by atoms with E-state index < -0.39 is 41.7 Å². The third-order valence-corrected chi connectivity index (χ3v) is 10.6. The number of amides is 2. The summed E-state index contributed by atoms with van der Waals surface area (Å²) in [4.78, 5) is 34.8. The number of imidazole rings is 1. The van der Waals surface area contributed by atoms with E-state index in [2.05, 4.69) is 15.5 Å². The van der Waals surface area contributed by atoms with Crippen LogP contribution < -0.4 is 15.5 Å². The summed E-state index contributed by atoms with van der Waals surface area (Å²) < 4.78 is 81.9. The molecule has 0 fully saturated rings. The molecule has 0 bridgehead atoms. The van der Waals surface area contributed by atoms with Gasteiger partial charge in [-0.2, -0.15) is 26.3 Å². The van der Waals surface area contributed by atoms with E-state index in [4.69, 9.17) is 4.98 Å². The fourth-order valence-electron chi connectivity index (χ4n) is 7.92. The van der Waals surface area contributed by atoms with Crippen molar-refractivity contribution >= 4 is 34.5 Å². The molecule has 6 aromatic rings. The van der Waals surface area contributed by atoms with E-state index in [1.54, 1.807) is 48.5 Å². The number of carbonyl (C=O) groups excluding carboxylic acids is 2. The van der Waals surface area contributed by atoms with Crippen molar-refractivity contribution < 1.29 is 35.9 Å². The van der Waals surface area contributed by atoms with Gasteiger partial charge in [-0.15, -0.1) is 0 Å². The van der Waals surface area contributed by atoms with E-state index in [0.717, 1.165) is 28.8 Å². The molecule has 13 heteroatoms. The summed E-state index contributed by atoms with van der Waals surface area (Å²) in [5.41, 5.74) is 3.76. The maximum atomic E-state index is 14.1. The number of anilines is 2. The molecule has 0 saturated heterocycles. The number of fused-ring (bicyclic) bond motifs is 4. The summed E-state index contributed by atoms with van der Waals surface area (Å²) in [6.07, 6.45) is -8.45. The summed E-state index contributed by atoms with van der Waals surface area (Å²) in [6, 6.07) is 31.3. The van der Waals surface area contributed by atoms with Crippen molar-refractivity contribution in [2.75, 3.05) is 29.9 Å². The number of aromatic nitrogens is 2. The number of hydrogen-bond donors (Lipinski definition) is 2. The van der Waals surface area contributed by atoms with Gasteiger partial charge in [0.25, 0.3) is 5.91 Å². The van der Waals surface area contributed by atoms with E-state index in [9.17, 15) is 35.9 Å². The van der Waals surface area contributed by atoms with Crippen LogP contribution in [-0.4, -0.2) is 47.2 Å². The molecule has 294 valence electrons. The van der Waals surface area contributed by atoms with E-state index in [-0.39, 0.29) is 12.0 Å². The van der Waals surface area contributed by atoms with Gasteiger partial charge >= 0.3 is 12.4 Å². The minimum absolute atomic E-state index is 0.217. The number of halogens is 6. The molecule has 1 aliphatic carbocycles. The van der Waals surface area contributed by atoms with E-state index in [0.29, 0.717) is 65.5 Å². The van der Waals surface area contributed by atoms with Gasteiger partial charge in [0, 0.05) is 30.9 Å². The average molecular weight is 784 g/mol. The summed E-state index contributed by atoms with van der Waals surface area (Å²) in [5.74, 6) is -0.509. The van der Waals surface area contributed by atoms with Crippen molar-refractivity contribution in [1.29, 1.82) is 0 Å². The minimum atomic E-state index is -4.59. The van der Waals surface area contributed by atoms with Crippen LogP contribution in [-0.2, 0) is 22.9 Å². The van der Waals surface area contributed by atoms with Crippen LogP contribution in [0, 0.1) is 0 Å². The lowest BCUT2D eigenvalue weighted by Gasteiger charge is -2.31. The van der Waals surface area contributed by atoms with Gasteiger partial charge < -0.3 is 20.1 Å². The van der Waals surface area contributed by atoms with Gasteiger partial charge in [-0.3, -0.25) is 9.59 Å². The Kier molecular flexibility index (Phi) is 10.6. The van der Waals surface area contributed by atoms with Crippen molar-refractivity contribution in [3.8, 4) is 22.3 Å². The molecule has 2 N–H and O–H groups in total. The Morgan fingerprint density at radius 2 is 1.35 bits per heavy atom. The second-order valence-electron chi connectivity index (χ2n) is 13.9. The number of nitrogens with zero attached hydrogens (tertiary/aromatic N) is 3. The van der Waals surface area contributed by atoms with Crippen molar-refractivity contribution in [3.05, 3.63) is 138 Å². The zero-order valence-electron chi connectivity index (χ0n) is 31.1. The van der Waals surface area contributed by atoms with E-state index in [1.807, 2.05) is 60.9 Å². The first-order valence-electron chi connectivity index (χ1n) is 18.6. The van der Waals surface area contributed by atoms with Gasteiger partial charge in [0.1, 0.15) is 12.0 Å². The van der Waals surface area contributed by atoms with E-state index in [1.165, 1.54) is 12.1 Å². The molecule has 0 spiro atoms. The third kappa shape index (κ3) is 7.58. The van der Waals surface area contributed by atoms with Crippen molar-refractivity contribution in [2.24, 2.45) is 0 Å². The maximum absolute atomic E-state index is 14.1. The van der Waals surface area contributed by atoms with Crippen molar-refractivity contribution in [1.82, 2.24) is 14.9 Å². The molecular weight excluding hydrogens is 745 g/mol. The normalized spacial score (nSPS) is 13.3. The molecular formula is C44H39F6N5O2. The molecule has 5 aromatic carbocycles. The first-order chi connectivity index (χ1) is 27.2. The average Bonchev–Trinajstić information content (AvgIpc) is 3.70. The molecule has 2 amide bonds. The lowest BCUT2D eigenvalue weighted by molar-refractivity contribution is -0.141. The molecule has 0 unspecified atom stereocenters. The van der Waals surface area contributed by atoms with Crippen LogP contribution in [0.2, 0.25) is 0 Å². The highest BCUT2D eigenvalue weighted by molar-refractivity contribution is 6.09. The number of nitrogens with one attached hydrogen (secondary N) is 2. The Balaban J connectivity index is 1.18. The molecule has 7 nitrogen and oxygen atoms in total. The SMILES string of the molecule is CCN(CC)c1nc2cc(NC(=O)c3ccccc3-c3ccc(C(F)(F)F)cc3)ccc2n1CCCC1(C(=O)NCC(F)(F)F)c2ccccc2-c2ccccc21. The standard InChI is InChI=1S/C44H39F6N5O2/c1-3-54(4-2)41-53-37-26-30(52-39(56)34-15-6-5-12-31(34)28-18-20-29(21-19-28)44(48,49)50)22-23-38(37)55(41)25-11-24-42(40(57)51-27-43(45,46)47)35-16-9-7-13-32(35)33-14-8-10-17-36(33)42/h5-10,12-23,26H,3-4,11,24-25,27H2,1-2H3,(H,51,57)(H,52,56). The van der Waals surface area contributed by atoms with Gasteiger partial charge in [-0.05, 0) is 96.5 Å². The van der Waals surface area contributed by atoms with Gasteiger partial charge in [-0.1, -0.05) is 78.9 Å². The van der Waals surface area contributed by atoms with Crippen LogP contribution >= 0.6 is 0 Å². The van der Waals surface area contributed by atoms with Gasteiger partial charge in [0.05, 0.1) is 16.6 Å². The highest BCUT2D eigenvalue weighted by Gasteiger charge is 2.49. The molecule has 7 rings (SSSR count). The van der Waals surface area contributed by atoms with Gasteiger partial charge in [0.2, 0.25) is 11.9 Å². The minimum Gasteiger partial charge on any atom is -0.346 e. The first kappa shape index (κ1) is 39.1. The van der Waals surface area contributed by atoms with Crippen LogP contribution in [0.15, 0.2) is 115 Å². The first-order valence-corrected chi connectivity index (χ1v) is 18.6. The predicted molar refractivity (Wildman–Crippen MR) is 209 cm³/mol. The topological polar surface area (TPSA) is 79.3 Å². The molecule has 57 heavy (non-hydrogen) atoms. The Morgan fingerprint density at radius 3 is 1.95 bits per heavy atom. The zero-order valence-corrected chi connectivity index (χ0v) is 31.1. The van der Waals surface area contributed by atoms with Gasteiger partial charge in [0.15, 0.2) is 0 Å². The molecule has 0 aliphatic heterocycles. The lowest BCUT2D eigenvalue weighted by atomic mass is 9.73. The van der Waals surface area contributed by atoms with Crippen LogP contribution in [0.1, 0.15) is 53.7 Å². The summed E-state index contributed by atoms with van der Waals surface area (Å²) in [7, 11) is 0. The Morgan fingerprint density at radius 1 is 0.754 bits per heavy atom. The van der Waals surface area contributed by atoms with Gasteiger partial charge in [-0.25, -0.2) is 4.98 Å². The highest BCUT2D eigenvalue weighted by Crippen LogP contribution is 2.51. The van der Waals surface area contributed by atoms with Crippen LogP contribution in [0.25, 0.3) is 33.3 Å². The molecule has 0 atom stereocenters. The Hall–Kier alpha value is -6.11. The number of carbonyl (C=O) groups is 2. The monoisotopic (exact) mass is 783 g/mol. The summed E-state index contributed by atoms with van der Waals surface area (Å²) in [6.45, 7) is 4.20. The lowest BCUT2D eigenvalue weighted by Crippen LogP contribution is -2.47. The number of rotatable bonds is 12. The maximum Gasteiger partial charge on any atom is 0.416 e. The number of alkyl halides is 6. The number of benzene rings is 5. The zero-order chi connectivity index (χ0) is 40.5. The molecule has 1 heterocycles. The second kappa shape index (κ2) is 15.4. The molecule has 0 saturated carbocycles. The van der Waals surface area contributed by atoms with Crippen LogP contribution in [0.3, 0.4) is 0 Å². The fourth-order valence-corrected chi connectivity index (χ4v) is 7.92. The van der Waals surface area contributed by atoms with Crippen molar-refractivity contribution in [3.63, 3.8) is 0 Å².